The molecular weight excluding hydrogens is 302 g/mol. The molecule has 2 aliphatic rings. The third-order valence-electron chi connectivity index (χ3n) is 4.43. The Kier molecular flexibility index (Phi) is 4.36. The second kappa shape index (κ2) is 6.26. The highest BCUT2D eigenvalue weighted by Gasteiger charge is 2.30. The quantitative estimate of drug-likeness (QED) is 0.813. The minimum absolute atomic E-state index is 0.205. The normalized spacial score (nSPS) is 26.0. The van der Waals surface area contributed by atoms with Crippen molar-refractivity contribution in [1.29, 1.82) is 0 Å². The van der Waals surface area contributed by atoms with Gasteiger partial charge >= 0.3 is 0 Å². The maximum absolute atomic E-state index is 12.0. The van der Waals surface area contributed by atoms with E-state index in [4.69, 9.17) is 11.6 Å². The van der Waals surface area contributed by atoms with Crippen molar-refractivity contribution in [3.63, 3.8) is 0 Å². The molecule has 0 aliphatic carbocycles. The van der Waals surface area contributed by atoms with Crippen LogP contribution in [0.1, 0.15) is 31.2 Å². The van der Waals surface area contributed by atoms with Crippen LogP contribution in [0.25, 0.3) is 0 Å². The number of halogens is 1. The fourth-order valence-electron chi connectivity index (χ4n) is 3.19. The van der Waals surface area contributed by atoms with Crippen molar-refractivity contribution in [1.82, 2.24) is 10.6 Å². The number of hydrogen-bond donors (Lipinski definition) is 2. The van der Waals surface area contributed by atoms with Crippen molar-refractivity contribution in [2.45, 2.75) is 31.7 Å². The zero-order valence-corrected chi connectivity index (χ0v) is 13.3. The van der Waals surface area contributed by atoms with Crippen molar-refractivity contribution in [2.75, 3.05) is 24.5 Å². The van der Waals surface area contributed by atoms with Crippen LogP contribution in [0.15, 0.2) is 18.2 Å². The van der Waals surface area contributed by atoms with E-state index in [9.17, 15) is 9.59 Å². The topological polar surface area (TPSA) is 61.4 Å². The fraction of sp³-hybridized carbons (Fsp3) is 0.500. The Balaban J connectivity index is 1.83. The first-order valence-corrected chi connectivity index (χ1v) is 8.04. The van der Waals surface area contributed by atoms with Gasteiger partial charge in [-0.25, -0.2) is 0 Å². The summed E-state index contributed by atoms with van der Waals surface area (Å²) >= 11 is 6.42. The van der Waals surface area contributed by atoms with E-state index in [0.29, 0.717) is 23.9 Å². The lowest BCUT2D eigenvalue weighted by Gasteiger charge is -2.36. The van der Waals surface area contributed by atoms with Gasteiger partial charge in [-0.2, -0.15) is 0 Å². The molecule has 2 heterocycles. The molecule has 0 radical (unpaired) electrons. The van der Waals surface area contributed by atoms with Crippen LogP contribution in [0.4, 0.5) is 5.69 Å². The first-order chi connectivity index (χ1) is 10.6. The highest BCUT2D eigenvalue weighted by molar-refractivity contribution is 6.32. The van der Waals surface area contributed by atoms with Crippen molar-refractivity contribution in [2.24, 2.45) is 0 Å². The van der Waals surface area contributed by atoms with Crippen molar-refractivity contribution >= 4 is 29.1 Å². The number of imide groups is 1. The van der Waals surface area contributed by atoms with Crippen LogP contribution in [0.3, 0.4) is 0 Å². The van der Waals surface area contributed by atoms with Gasteiger partial charge in [0.05, 0.1) is 5.92 Å². The Morgan fingerprint density at radius 1 is 1.32 bits per heavy atom. The fourth-order valence-corrected chi connectivity index (χ4v) is 3.50. The number of amides is 2. The highest BCUT2D eigenvalue weighted by Crippen LogP contribution is 2.33. The number of nitrogens with zero attached hydrogens (tertiary/aromatic N) is 1. The number of nitrogens with one attached hydrogen (secondary N) is 2. The minimum atomic E-state index is -0.334. The molecule has 2 aliphatic heterocycles. The van der Waals surface area contributed by atoms with E-state index in [1.807, 2.05) is 18.2 Å². The molecule has 3 rings (SSSR count). The Morgan fingerprint density at radius 2 is 2.14 bits per heavy atom. The Hall–Kier alpha value is -1.59. The van der Waals surface area contributed by atoms with Gasteiger partial charge in [0.25, 0.3) is 0 Å². The smallest absolute Gasteiger partial charge is 0.234 e. The van der Waals surface area contributed by atoms with Crippen molar-refractivity contribution in [3.05, 3.63) is 28.8 Å². The molecule has 5 nitrogen and oxygen atoms in total. The molecule has 2 amide bonds. The molecule has 2 saturated heterocycles. The molecular formula is C16H20ClN3O2. The molecule has 118 valence electrons. The summed E-state index contributed by atoms with van der Waals surface area (Å²) in [6.45, 7) is 5.02. The molecule has 1 aromatic rings. The van der Waals surface area contributed by atoms with Crippen LogP contribution in [0, 0.1) is 0 Å². The van der Waals surface area contributed by atoms with Gasteiger partial charge in [0.2, 0.25) is 11.8 Å². The lowest BCUT2D eigenvalue weighted by Crippen LogP contribution is -2.49. The second-order valence-corrected chi connectivity index (χ2v) is 6.36. The number of carbonyl (C=O) groups excluding carboxylic acids is 2. The van der Waals surface area contributed by atoms with Crippen LogP contribution >= 0.6 is 11.6 Å². The molecule has 1 aromatic carbocycles. The van der Waals surface area contributed by atoms with Gasteiger partial charge in [-0.15, -0.1) is 0 Å². The maximum atomic E-state index is 12.0. The maximum Gasteiger partial charge on any atom is 0.234 e. The van der Waals surface area contributed by atoms with Gasteiger partial charge < -0.3 is 10.2 Å². The summed E-state index contributed by atoms with van der Waals surface area (Å²) in [7, 11) is 0. The summed E-state index contributed by atoms with van der Waals surface area (Å²) in [5.41, 5.74) is 1.88. The van der Waals surface area contributed by atoms with E-state index in [2.05, 4.69) is 22.5 Å². The Morgan fingerprint density at radius 3 is 2.82 bits per heavy atom. The minimum Gasteiger partial charge on any atom is -0.366 e. The average molecular weight is 322 g/mol. The zero-order chi connectivity index (χ0) is 15.7. The number of benzene rings is 1. The molecule has 2 N–H and O–H groups in total. The first-order valence-electron chi connectivity index (χ1n) is 7.67. The first kappa shape index (κ1) is 15.3. The highest BCUT2D eigenvalue weighted by atomic mass is 35.5. The summed E-state index contributed by atoms with van der Waals surface area (Å²) in [4.78, 5) is 25.6. The van der Waals surface area contributed by atoms with Crippen LogP contribution in [0.5, 0.6) is 0 Å². The second-order valence-electron chi connectivity index (χ2n) is 5.96. The van der Waals surface area contributed by atoms with Gasteiger partial charge in [0.1, 0.15) is 0 Å². The van der Waals surface area contributed by atoms with Gasteiger partial charge in [0, 0.05) is 42.8 Å². The molecule has 0 aromatic heterocycles. The molecule has 22 heavy (non-hydrogen) atoms. The zero-order valence-electron chi connectivity index (χ0n) is 12.6. The summed E-state index contributed by atoms with van der Waals surface area (Å²) in [6, 6.07) is 6.29. The molecule has 1 unspecified atom stereocenters. The number of rotatable bonds is 2. The van der Waals surface area contributed by atoms with Crippen LogP contribution < -0.4 is 15.5 Å². The SMILES string of the molecule is C[C@@H]1CNCCN1c1ccc(C2CCC(=O)NC2=O)c(Cl)c1. The molecule has 0 bridgehead atoms. The third-order valence-corrected chi connectivity index (χ3v) is 4.76. The summed E-state index contributed by atoms with van der Waals surface area (Å²) in [6.07, 6.45) is 0.886. The Labute approximate surface area is 135 Å². The molecule has 2 atom stereocenters. The average Bonchev–Trinajstić information content (AvgIpc) is 2.48. The predicted octanol–water partition coefficient (Wildman–Crippen LogP) is 1.66. The lowest BCUT2D eigenvalue weighted by atomic mass is 9.90. The predicted molar refractivity (Wildman–Crippen MR) is 86.3 cm³/mol. The lowest BCUT2D eigenvalue weighted by molar-refractivity contribution is -0.134. The third kappa shape index (κ3) is 2.96. The summed E-state index contributed by atoms with van der Waals surface area (Å²) in [5.74, 6) is -0.787. The van der Waals surface area contributed by atoms with E-state index < -0.39 is 0 Å². The van der Waals surface area contributed by atoms with Crippen LogP contribution in [-0.2, 0) is 9.59 Å². The van der Waals surface area contributed by atoms with Crippen molar-refractivity contribution in [3.8, 4) is 0 Å². The van der Waals surface area contributed by atoms with Gasteiger partial charge in [-0.1, -0.05) is 17.7 Å². The van der Waals surface area contributed by atoms with E-state index in [1.54, 1.807) is 0 Å². The van der Waals surface area contributed by atoms with Gasteiger partial charge in [0.15, 0.2) is 0 Å². The number of piperidine rings is 1. The van der Waals surface area contributed by atoms with E-state index >= 15 is 0 Å². The molecule has 0 saturated carbocycles. The molecule has 0 spiro atoms. The van der Waals surface area contributed by atoms with E-state index in [1.165, 1.54) is 0 Å². The number of carbonyl (C=O) groups is 2. The van der Waals surface area contributed by atoms with E-state index in [0.717, 1.165) is 30.9 Å². The molecule has 2 fully saturated rings. The number of piperazine rings is 1. The summed E-state index contributed by atoms with van der Waals surface area (Å²) < 4.78 is 0. The van der Waals surface area contributed by atoms with E-state index in [-0.39, 0.29) is 17.7 Å². The van der Waals surface area contributed by atoms with Crippen LogP contribution in [-0.4, -0.2) is 37.5 Å². The largest absolute Gasteiger partial charge is 0.366 e. The standard InChI is InChI=1S/C16H20ClN3O2/c1-10-9-18-6-7-20(10)11-2-3-12(14(17)8-11)13-4-5-15(21)19-16(13)22/h2-3,8,10,13,18H,4-7,9H2,1H3,(H,19,21,22)/t10-,13?/m1/s1. The van der Waals surface area contributed by atoms with Crippen molar-refractivity contribution < 1.29 is 9.59 Å². The number of anilines is 1. The van der Waals surface area contributed by atoms with Gasteiger partial charge in [-0.05, 0) is 31.0 Å². The monoisotopic (exact) mass is 321 g/mol. The Bertz CT molecular complexity index is 605. The number of hydrogen-bond acceptors (Lipinski definition) is 4. The van der Waals surface area contributed by atoms with Crippen LogP contribution in [0.2, 0.25) is 5.02 Å². The summed E-state index contributed by atoms with van der Waals surface area (Å²) in [5, 5.41) is 6.34. The van der Waals surface area contributed by atoms with Gasteiger partial charge in [-0.3, -0.25) is 14.9 Å². The molecule has 6 heteroatoms.